The van der Waals surface area contributed by atoms with Gasteiger partial charge in [-0.3, -0.25) is 33.6 Å². The Hall–Kier alpha value is -7.64. The molecule has 0 fully saturated rings. The van der Waals surface area contributed by atoms with E-state index in [1.807, 2.05) is 13.8 Å². The number of aliphatic hydroxyl groups excluding tert-OH is 1. The second-order valence-electron chi connectivity index (χ2n) is 19.0. The lowest BCUT2D eigenvalue weighted by Crippen LogP contribution is -2.40. The van der Waals surface area contributed by atoms with Gasteiger partial charge < -0.3 is 46.9 Å². The molecule has 0 radical (unpaired) electrons. The number of amides is 6. The normalized spacial score (nSPS) is 16.8. The third-order valence-electron chi connectivity index (χ3n) is 12.7. The molecule has 0 saturated carbocycles. The molecule has 426 valence electrons. The maximum Gasteiger partial charge on any atom is 0.306 e. The smallest absolute Gasteiger partial charge is 0.306 e. The molecule has 10 bridgehead atoms. The van der Waals surface area contributed by atoms with Crippen LogP contribution >= 0.6 is 68.0 Å². The van der Waals surface area contributed by atoms with Gasteiger partial charge in [-0.05, 0) is 37.0 Å². The summed E-state index contributed by atoms with van der Waals surface area (Å²) >= 11 is 7.12. The van der Waals surface area contributed by atoms with Crippen molar-refractivity contribution < 1.29 is 48.5 Å². The first-order chi connectivity index (χ1) is 39.4. The minimum absolute atomic E-state index is 0.00119. The first kappa shape index (κ1) is 59.0. The molecule has 1 aliphatic rings. The molecule has 6 amide bonds. The lowest BCUT2D eigenvalue weighted by atomic mass is 10.0. The SMILES string of the molecule is CNC(=O)C[C@@H]1NC(=O)c2csc(n2)-c2ccc(-c3nc(NC(=O)CC[C@@H](C)C(=O)O)cs3)nc2-c2cnc(s2)-c2csc(n2)[C@H]([C@@H](O)c2ccccc2)NC(=O)CNC(=O)c2nc(sc2COC)[C@H](C(C)C)NC(=O)c2nc1sc2C. The summed E-state index contributed by atoms with van der Waals surface area (Å²) in [6.07, 6.45) is 0.230. The van der Waals surface area contributed by atoms with Crippen LogP contribution in [0.4, 0.5) is 5.82 Å². The summed E-state index contributed by atoms with van der Waals surface area (Å²) in [5.74, 6) is -5.00. The second kappa shape index (κ2) is 26.1. The zero-order valence-corrected chi connectivity index (χ0v) is 49.5. The van der Waals surface area contributed by atoms with Gasteiger partial charge in [0.05, 0.1) is 58.7 Å². The molecule has 0 spiro atoms. The summed E-state index contributed by atoms with van der Waals surface area (Å²) in [5, 5.41) is 45.3. The maximum atomic E-state index is 14.3. The van der Waals surface area contributed by atoms with Crippen LogP contribution in [-0.2, 0) is 30.5 Å². The van der Waals surface area contributed by atoms with E-state index >= 15 is 0 Å². The van der Waals surface area contributed by atoms with E-state index < -0.39 is 78.1 Å². The summed E-state index contributed by atoms with van der Waals surface area (Å²) < 4.78 is 5.44. The molecule has 29 heteroatoms. The molecule has 5 atom stereocenters. The number of hydrogen-bond donors (Lipinski definition) is 8. The number of nitrogens with one attached hydrogen (secondary N) is 6. The number of aliphatic carboxylic acids is 1. The van der Waals surface area contributed by atoms with Crippen LogP contribution in [0, 0.1) is 18.8 Å². The first-order valence-corrected chi connectivity index (χ1v) is 30.4. The zero-order valence-electron chi connectivity index (χ0n) is 44.6. The predicted molar refractivity (Wildman–Crippen MR) is 312 cm³/mol. The number of benzene rings is 1. The van der Waals surface area contributed by atoms with Crippen molar-refractivity contribution in [2.24, 2.45) is 11.8 Å². The number of methoxy groups -OCH3 is 1. The third-order valence-corrected chi connectivity index (χ3v) is 18.6. The summed E-state index contributed by atoms with van der Waals surface area (Å²) in [5.41, 5.74) is 2.33. The number of carboxylic acid groups (broad SMARTS) is 1. The summed E-state index contributed by atoms with van der Waals surface area (Å²) in [4.78, 5) is 128. The lowest BCUT2D eigenvalue weighted by Gasteiger charge is -2.23. The van der Waals surface area contributed by atoms with Crippen LogP contribution < -0.4 is 31.9 Å². The number of fused-ring (bicyclic) bond motifs is 14. The van der Waals surface area contributed by atoms with Crippen LogP contribution in [0.15, 0.2) is 64.8 Å². The molecule has 0 aliphatic carbocycles. The number of aryl methyl sites for hydroxylation is 1. The highest BCUT2D eigenvalue weighted by Gasteiger charge is 2.33. The van der Waals surface area contributed by atoms with Gasteiger partial charge in [0.25, 0.3) is 17.7 Å². The van der Waals surface area contributed by atoms with Crippen LogP contribution in [0.1, 0.15) is 126 Å². The van der Waals surface area contributed by atoms with Crippen molar-refractivity contribution in [1.29, 1.82) is 0 Å². The topological polar surface area (TPSA) is 332 Å². The van der Waals surface area contributed by atoms with Crippen LogP contribution in [0.5, 0.6) is 0 Å². The fourth-order valence-electron chi connectivity index (χ4n) is 8.31. The molecule has 0 saturated heterocycles. The number of nitrogens with zero attached hydrogens (tertiary/aromatic N) is 7. The van der Waals surface area contributed by atoms with E-state index in [1.165, 1.54) is 77.8 Å². The Labute approximate surface area is 492 Å². The Morgan fingerprint density at radius 1 is 0.732 bits per heavy atom. The third kappa shape index (κ3) is 13.6. The summed E-state index contributed by atoms with van der Waals surface area (Å²) in [7, 11) is 2.93. The Morgan fingerprint density at radius 2 is 1.49 bits per heavy atom. The molecule has 8 aromatic rings. The standard InChI is InChI=1S/C53H53N13O10S6/c1-23(2)38-52-66-41(33(82-52)19-76-6)45(72)55-18-37(69)63-42(43(70)26-10-8-7-9-11-26)51-60-31(21-78-51)48-56-17-32(81-48)40-27(13-14-28(57-40)49-62-34(22-79-49)61-35(67)15-12-24(3)53(74)75)47-59-30(20-77-47)44(71)58-29(16-36(68)54-5)50-65-39(25(4)80-50)46(73)64-38/h7-11,13-14,17,20-24,29,38,42-43,70H,12,15-16,18-19H2,1-6H3,(H,54,68)(H,55,72)(H,58,71)(H,61,67)(H,63,69)(H,64,73)(H,74,75)/t24-,29+,38+,42+,43+/m1/s1. The number of thiazole rings is 6. The van der Waals surface area contributed by atoms with Crippen LogP contribution in [-0.4, -0.2) is 107 Å². The van der Waals surface area contributed by atoms with Gasteiger partial charge >= 0.3 is 5.97 Å². The van der Waals surface area contributed by atoms with E-state index in [-0.39, 0.29) is 59.7 Å². The molecule has 82 heavy (non-hydrogen) atoms. The number of aliphatic hydroxyl groups is 1. The van der Waals surface area contributed by atoms with Crippen molar-refractivity contribution in [2.45, 2.75) is 77.8 Å². The van der Waals surface area contributed by atoms with E-state index in [4.69, 9.17) is 24.7 Å². The van der Waals surface area contributed by atoms with Gasteiger partial charge in [0.15, 0.2) is 0 Å². The lowest BCUT2D eigenvalue weighted by molar-refractivity contribution is -0.141. The molecule has 8 N–H and O–H groups in total. The van der Waals surface area contributed by atoms with Crippen molar-refractivity contribution in [1.82, 2.24) is 61.5 Å². The summed E-state index contributed by atoms with van der Waals surface area (Å²) in [6.45, 7) is 6.47. The van der Waals surface area contributed by atoms with Crippen molar-refractivity contribution >= 4 is 115 Å². The Kier molecular flexibility index (Phi) is 18.8. The van der Waals surface area contributed by atoms with E-state index in [0.29, 0.717) is 67.9 Å². The molecular formula is C53H53N13O10S6. The molecule has 7 aromatic heterocycles. The fourth-order valence-corrected chi connectivity index (χ4v) is 13.9. The van der Waals surface area contributed by atoms with Crippen molar-refractivity contribution in [3.05, 3.63) is 112 Å². The van der Waals surface area contributed by atoms with Gasteiger partial charge in [-0.15, -0.1) is 68.0 Å². The van der Waals surface area contributed by atoms with Crippen molar-refractivity contribution in [2.75, 3.05) is 26.0 Å². The number of aromatic nitrogens is 7. The van der Waals surface area contributed by atoms with Gasteiger partial charge in [-0.1, -0.05) is 51.1 Å². The molecule has 1 aliphatic heterocycles. The monoisotopic (exact) mass is 1220 g/mol. The number of anilines is 1. The number of carboxylic acids is 1. The number of hydrogen-bond acceptors (Lipinski definition) is 22. The average Bonchev–Trinajstić information content (AvgIpc) is 4.36. The minimum Gasteiger partial charge on any atom is -0.481 e. The maximum absolute atomic E-state index is 14.3. The predicted octanol–water partition coefficient (Wildman–Crippen LogP) is 7.75. The number of pyridine rings is 1. The highest BCUT2D eigenvalue weighted by atomic mass is 32.1. The summed E-state index contributed by atoms with van der Waals surface area (Å²) in [6, 6.07) is 9.44. The number of rotatable bonds is 13. The number of carbonyl (C=O) groups excluding carboxylic acids is 6. The average molecular weight is 1220 g/mol. The Bertz CT molecular complexity index is 3680. The van der Waals surface area contributed by atoms with Crippen molar-refractivity contribution in [3.8, 4) is 42.5 Å². The van der Waals surface area contributed by atoms with Gasteiger partial charge in [0.1, 0.15) is 70.8 Å². The van der Waals surface area contributed by atoms with Gasteiger partial charge in [0.2, 0.25) is 17.7 Å². The first-order valence-electron chi connectivity index (χ1n) is 25.3. The largest absolute Gasteiger partial charge is 0.481 e. The molecule has 0 unspecified atom stereocenters. The van der Waals surface area contributed by atoms with E-state index in [0.717, 1.165) is 11.3 Å². The molecular weight excluding hydrogens is 1170 g/mol. The van der Waals surface area contributed by atoms with Crippen molar-refractivity contribution in [3.63, 3.8) is 0 Å². The van der Waals surface area contributed by atoms with Gasteiger partial charge in [-0.25, -0.2) is 34.9 Å². The van der Waals surface area contributed by atoms with Gasteiger partial charge in [0, 0.05) is 53.4 Å². The second-order valence-corrected chi connectivity index (χ2v) is 25.0. The van der Waals surface area contributed by atoms with E-state index in [2.05, 4.69) is 46.9 Å². The van der Waals surface area contributed by atoms with E-state index in [9.17, 15) is 43.8 Å². The van der Waals surface area contributed by atoms with Gasteiger partial charge in [-0.2, -0.15) is 0 Å². The van der Waals surface area contributed by atoms with E-state index in [1.54, 1.807) is 71.7 Å². The molecule has 9 rings (SSSR count). The number of ether oxygens (including phenoxy) is 1. The highest BCUT2D eigenvalue weighted by molar-refractivity contribution is 7.19. The molecule has 23 nitrogen and oxygen atoms in total. The molecule has 1 aromatic carbocycles. The zero-order chi connectivity index (χ0) is 58.4. The van der Waals surface area contributed by atoms with Crippen LogP contribution in [0.2, 0.25) is 0 Å². The van der Waals surface area contributed by atoms with Crippen LogP contribution in [0.3, 0.4) is 0 Å². The minimum atomic E-state index is -1.28. The molecule has 8 heterocycles. The number of carbonyl (C=O) groups is 7. The quantitative estimate of drug-likeness (QED) is 0.0547. The Balaban J connectivity index is 1.11. The highest BCUT2D eigenvalue weighted by Crippen LogP contribution is 2.41. The fraction of sp³-hybridized carbons (Fsp3) is 0.321. The Morgan fingerprint density at radius 3 is 2.23 bits per heavy atom. The van der Waals surface area contributed by atoms with Crippen LogP contribution in [0.25, 0.3) is 42.5 Å².